The first-order valence-electron chi connectivity index (χ1n) is 14.3. The highest BCUT2D eigenvalue weighted by atomic mass is 14.4. The molecule has 3 aliphatic rings. The quantitative estimate of drug-likeness (QED) is 0.232. The third-order valence-electron chi connectivity index (χ3n) is 9.64. The fourth-order valence-corrected chi connectivity index (χ4v) is 7.60. The van der Waals surface area contributed by atoms with Gasteiger partial charge in [-0.3, -0.25) is 0 Å². The Morgan fingerprint density at radius 1 is 0.658 bits per heavy atom. The summed E-state index contributed by atoms with van der Waals surface area (Å²) in [6, 6.07) is 34.8. The molecule has 0 heterocycles. The summed E-state index contributed by atoms with van der Waals surface area (Å²) >= 11 is 0. The van der Waals surface area contributed by atoms with Gasteiger partial charge in [0.2, 0.25) is 0 Å². The van der Waals surface area contributed by atoms with Crippen LogP contribution in [0, 0.1) is 5.92 Å². The van der Waals surface area contributed by atoms with Crippen LogP contribution in [0.15, 0.2) is 96.6 Å². The zero-order valence-corrected chi connectivity index (χ0v) is 22.2. The molecule has 0 heteroatoms. The molecule has 8 rings (SSSR count). The van der Waals surface area contributed by atoms with Crippen molar-refractivity contribution in [1.29, 1.82) is 0 Å². The van der Waals surface area contributed by atoms with Crippen LogP contribution >= 0.6 is 0 Å². The van der Waals surface area contributed by atoms with Gasteiger partial charge in [-0.2, -0.15) is 0 Å². The van der Waals surface area contributed by atoms with Gasteiger partial charge in [-0.15, -0.1) is 0 Å². The molecule has 38 heavy (non-hydrogen) atoms. The van der Waals surface area contributed by atoms with E-state index in [1.807, 2.05) is 0 Å². The largest absolute Gasteiger partial charge is 0.0648 e. The van der Waals surface area contributed by atoms with Crippen molar-refractivity contribution in [1.82, 2.24) is 0 Å². The van der Waals surface area contributed by atoms with E-state index in [-0.39, 0.29) is 0 Å². The third kappa shape index (κ3) is 3.04. The van der Waals surface area contributed by atoms with Crippen LogP contribution in [0.3, 0.4) is 0 Å². The first-order chi connectivity index (χ1) is 18.7. The molecule has 0 saturated carbocycles. The molecule has 0 amide bonds. The van der Waals surface area contributed by atoms with E-state index >= 15 is 0 Å². The van der Waals surface area contributed by atoms with Gasteiger partial charge in [-0.25, -0.2) is 0 Å². The van der Waals surface area contributed by atoms with Gasteiger partial charge in [0.25, 0.3) is 0 Å². The van der Waals surface area contributed by atoms with Crippen molar-refractivity contribution < 1.29 is 0 Å². The molecule has 3 aliphatic carbocycles. The summed E-state index contributed by atoms with van der Waals surface area (Å²) in [4.78, 5) is 0. The molecule has 5 aromatic carbocycles. The van der Waals surface area contributed by atoms with Crippen LogP contribution < -0.4 is 0 Å². The molecule has 0 nitrogen and oxygen atoms in total. The minimum atomic E-state index is 0.320. The van der Waals surface area contributed by atoms with Crippen LogP contribution in [-0.4, -0.2) is 0 Å². The van der Waals surface area contributed by atoms with E-state index in [1.165, 1.54) is 84.8 Å². The molecule has 184 valence electrons. The number of benzene rings is 5. The lowest BCUT2D eigenvalue weighted by atomic mass is 9.79. The Hall–Kier alpha value is -3.90. The Morgan fingerprint density at radius 2 is 1.37 bits per heavy atom. The SMILES string of the molecule is CCC(C)C1=Cc2c(-c3ccc4c5c(cccc35)CC4)cccc2C1c1cccc2c1Cc1ccccc1-2. The van der Waals surface area contributed by atoms with Gasteiger partial charge in [0.15, 0.2) is 0 Å². The molecular weight excluding hydrogens is 456 g/mol. The van der Waals surface area contributed by atoms with E-state index in [1.54, 1.807) is 5.57 Å². The van der Waals surface area contributed by atoms with Crippen molar-refractivity contribution in [3.8, 4) is 22.3 Å². The summed E-state index contributed by atoms with van der Waals surface area (Å²) in [7, 11) is 0. The Labute approximate surface area is 225 Å². The van der Waals surface area contributed by atoms with E-state index in [4.69, 9.17) is 0 Å². The Kier molecular flexibility index (Phi) is 4.83. The zero-order valence-electron chi connectivity index (χ0n) is 22.2. The van der Waals surface area contributed by atoms with Gasteiger partial charge in [0.1, 0.15) is 0 Å². The molecule has 0 fully saturated rings. The van der Waals surface area contributed by atoms with Gasteiger partial charge in [0, 0.05) is 5.92 Å². The third-order valence-corrected chi connectivity index (χ3v) is 9.64. The number of hydrogen-bond donors (Lipinski definition) is 0. The van der Waals surface area contributed by atoms with Crippen molar-refractivity contribution >= 4 is 16.8 Å². The van der Waals surface area contributed by atoms with Crippen LogP contribution in [0.1, 0.15) is 65.1 Å². The first kappa shape index (κ1) is 22.1. The highest BCUT2D eigenvalue weighted by molar-refractivity contribution is 6.03. The molecule has 2 atom stereocenters. The fraction of sp³-hybridized carbons (Fsp3) is 0.211. The average molecular weight is 489 g/mol. The van der Waals surface area contributed by atoms with E-state index in [2.05, 4.69) is 111 Å². The lowest BCUT2D eigenvalue weighted by Gasteiger charge is -2.24. The number of aryl methyl sites for hydroxylation is 2. The second-order valence-electron chi connectivity index (χ2n) is 11.5. The second kappa shape index (κ2) is 8.30. The number of hydrogen-bond acceptors (Lipinski definition) is 0. The van der Waals surface area contributed by atoms with Crippen molar-refractivity contribution in [2.75, 3.05) is 0 Å². The molecule has 0 spiro atoms. The highest BCUT2D eigenvalue weighted by Gasteiger charge is 2.34. The highest BCUT2D eigenvalue weighted by Crippen LogP contribution is 2.51. The summed E-state index contributed by atoms with van der Waals surface area (Å²) < 4.78 is 0. The van der Waals surface area contributed by atoms with Crippen molar-refractivity contribution in [2.45, 2.75) is 45.4 Å². The summed E-state index contributed by atoms with van der Waals surface area (Å²) in [6.45, 7) is 4.75. The molecule has 5 aromatic rings. The van der Waals surface area contributed by atoms with Gasteiger partial charge < -0.3 is 0 Å². The minimum Gasteiger partial charge on any atom is -0.0648 e. The van der Waals surface area contributed by atoms with Crippen molar-refractivity contribution in [2.24, 2.45) is 5.92 Å². The lowest BCUT2D eigenvalue weighted by Crippen LogP contribution is -2.10. The van der Waals surface area contributed by atoms with Gasteiger partial charge in [-0.05, 0) is 104 Å². The predicted octanol–water partition coefficient (Wildman–Crippen LogP) is 9.75. The summed E-state index contributed by atoms with van der Waals surface area (Å²) in [5, 5.41) is 2.92. The standard InChI is InChI=1S/C38H32/c1-3-23(2)34-22-36-29(30-20-19-25-18-17-24-10-6-14-31(30)37(24)25)13-8-16-33(36)38(34)32-15-7-12-28-27-11-5-4-9-26(27)21-35(28)32/h4-16,19-20,22-23,38H,3,17-18,21H2,1-2H3. The maximum absolute atomic E-state index is 2.56. The van der Waals surface area contributed by atoms with Gasteiger partial charge in [0.05, 0.1) is 0 Å². The monoisotopic (exact) mass is 488 g/mol. The summed E-state index contributed by atoms with van der Waals surface area (Å²) in [5.41, 5.74) is 17.6. The lowest BCUT2D eigenvalue weighted by molar-refractivity contribution is 0.625. The maximum Gasteiger partial charge on any atom is 0.0314 e. The second-order valence-corrected chi connectivity index (χ2v) is 11.5. The van der Waals surface area contributed by atoms with E-state index in [9.17, 15) is 0 Å². The molecule has 0 N–H and O–H groups in total. The molecule has 0 aromatic heterocycles. The van der Waals surface area contributed by atoms with E-state index in [0.29, 0.717) is 11.8 Å². The fourth-order valence-electron chi connectivity index (χ4n) is 7.60. The van der Waals surface area contributed by atoms with Crippen molar-refractivity contribution in [3.05, 3.63) is 136 Å². The van der Waals surface area contributed by atoms with Crippen LogP contribution in [0.25, 0.3) is 39.1 Å². The average Bonchev–Trinajstić information content (AvgIpc) is 3.67. The number of allylic oxidation sites excluding steroid dienone is 1. The summed E-state index contributed by atoms with van der Waals surface area (Å²) in [5.74, 6) is 0.855. The van der Waals surface area contributed by atoms with Crippen molar-refractivity contribution in [3.63, 3.8) is 0 Å². The molecular formula is C38H32. The van der Waals surface area contributed by atoms with Crippen LogP contribution in [-0.2, 0) is 19.3 Å². The molecule has 0 saturated heterocycles. The van der Waals surface area contributed by atoms with Crippen LogP contribution in [0.5, 0.6) is 0 Å². The van der Waals surface area contributed by atoms with E-state index in [0.717, 1.165) is 12.8 Å². The zero-order chi connectivity index (χ0) is 25.4. The molecule has 0 radical (unpaired) electrons. The Morgan fingerprint density at radius 3 is 2.24 bits per heavy atom. The number of rotatable bonds is 4. The summed E-state index contributed by atoms with van der Waals surface area (Å²) in [6.07, 6.45) is 7.10. The van der Waals surface area contributed by atoms with Gasteiger partial charge in [-0.1, -0.05) is 116 Å². The van der Waals surface area contributed by atoms with Crippen LogP contribution in [0.2, 0.25) is 0 Å². The molecule has 2 unspecified atom stereocenters. The smallest absolute Gasteiger partial charge is 0.0314 e. The molecule has 0 aliphatic heterocycles. The van der Waals surface area contributed by atoms with Gasteiger partial charge >= 0.3 is 0 Å². The predicted molar refractivity (Wildman–Crippen MR) is 161 cm³/mol. The minimum absolute atomic E-state index is 0.320. The molecule has 0 bridgehead atoms. The normalized spacial score (nSPS) is 17.3. The van der Waals surface area contributed by atoms with Crippen LogP contribution in [0.4, 0.5) is 0 Å². The Balaban J connectivity index is 1.35. The van der Waals surface area contributed by atoms with E-state index < -0.39 is 0 Å². The first-order valence-corrected chi connectivity index (χ1v) is 14.3. The number of fused-ring (bicyclic) bond motifs is 4. The maximum atomic E-state index is 2.56. The Bertz CT molecular complexity index is 1790. The topological polar surface area (TPSA) is 0 Å².